The van der Waals surface area contributed by atoms with Crippen molar-refractivity contribution in [2.75, 3.05) is 20.3 Å². The van der Waals surface area contributed by atoms with E-state index >= 15 is 0 Å². The quantitative estimate of drug-likeness (QED) is 0.660. The smallest absolute Gasteiger partial charge is 0.229 e. The molecule has 1 spiro atoms. The molecule has 2 aliphatic rings. The molecule has 86 valence electrons. The van der Waals surface area contributed by atoms with Crippen LogP contribution < -0.4 is 0 Å². The Balaban J connectivity index is 2.18. The maximum Gasteiger partial charge on any atom is 0.229 e. The lowest BCUT2D eigenvalue weighted by atomic mass is 9.76. The summed E-state index contributed by atoms with van der Waals surface area (Å²) in [6.45, 7) is 5.91. The Morgan fingerprint density at radius 3 is 2.47 bits per heavy atom. The minimum absolute atomic E-state index is 0.0814. The van der Waals surface area contributed by atoms with E-state index in [1.54, 1.807) is 0 Å². The van der Waals surface area contributed by atoms with Crippen LogP contribution in [-0.4, -0.2) is 37.1 Å². The molecule has 0 bridgehead atoms. The molecule has 0 N–H and O–H groups in total. The second-order valence-electron chi connectivity index (χ2n) is 5.32. The van der Waals surface area contributed by atoms with Gasteiger partial charge < -0.3 is 9.64 Å². The number of likely N-dealkylation sites (tertiary alicyclic amines) is 1. The van der Waals surface area contributed by atoms with Crippen molar-refractivity contribution in [1.29, 1.82) is 0 Å². The number of rotatable bonds is 1. The van der Waals surface area contributed by atoms with E-state index in [9.17, 15) is 4.79 Å². The third-order valence-electron chi connectivity index (χ3n) is 4.09. The van der Waals surface area contributed by atoms with Crippen molar-refractivity contribution in [1.82, 2.24) is 4.90 Å². The van der Waals surface area contributed by atoms with Gasteiger partial charge in [0.1, 0.15) is 0 Å². The number of carbonyl (C=O) groups is 1. The zero-order valence-corrected chi connectivity index (χ0v) is 9.95. The third kappa shape index (κ3) is 1.67. The Morgan fingerprint density at radius 1 is 1.40 bits per heavy atom. The molecule has 0 saturated carbocycles. The monoisotopic (exact) mass is 211 g/mol. The van der Waals surface area contributed by atoms with Gasteiger partial charge in [-0.15, -0.1) is 0 Å². The van der Waals surface area contributed by atoms with Crippen molar-refractivity contribution in [3.8, 4) is 0 Å². The van der Waals surface area contributed by atoms with E-state index in [4.69, 9.17) is 4.74 Å². The highest BCUT2D eigenvalue weighted by Gasteiger charge is 2.51. The SMILES string of the molecule is CC(C)C1CC2(CCOCC2)C(=O)N1C. The lowest BCUT2D eigenvalue weighted by Crippen LogP contribution is -2.38. The number of carbonyl (C=O) groups excluding carboxylic acids is 1. The molecule has 2 saturated heterocycles. The first-order valence-corrected chi connectivity index (χ1v) is 5.92. The molecule has 2 fully saturated rings. The lowest BCUT2D eigenvalue weighted by molar-refractivity contribution is -0.140. The van der Waals surface area contributed by atoms with Gasteiger partial charge >= 0.3 is 0 Å². The fraction of sp³-hybridized carbons (Fsp3) is 0.917. The summed E-state index contributed by atoms with van der Waals surface area (Å²) in [5.41, 5.74) is -0.0814. The fourth-order valence-corrected chi connectivity index (χ4v) is 3.01. The van der Waals surface area contributed by atoms with Crippen LogP contribution in [0.25, 0.3) is 0 Å². The maximum atomic E-state index is 12.3. The first-order valence-electron chi connectivity index (χ1n) is 5.92. The van der Waals surface area contributed by atoms with Crippen molar-refractivity contribution in [3.05, 3.63) is 0 Å². The Kier molecular flexibility index (Phi) is 2.75. The molecule has 1 unspecified atom stereocenters. The van der Waals surface area contributed by atoms with Crippen LogP contribution in [0.2, 0.25) is 0 Å². The molecule has 1 amide bonds. The number of ether oxygens (including phenoxy) is 1. The topological polar surface area (TPSA) is 29.5 Å². The summed E-state index contributed by atoms with van der Waals surface area (Å²) in [6.07, 6.45) is 2.86. The van der Waals surface area contributed by atoms with Crippen LogP contribution in [-0.2, 0) is 9.53 Å². The van der Waals surface area contributed by atoms with Crippen LogP contribution in [0, 0.1) is 11.3 Å². The molecule has 0 aromatic heterocycles. The molecule has 3 heteroatoms. The number of amides is 1. The fourth-order valence-electron chi connectivity index (χ4n) is 3.01. The summed E-state index contributed by atoms with van der Waals surface area (Å²) in [7, 11) is 1.96. The highest BCUT2D eigenvalue weighted by atomic mass is 16.5. The molecular weight excluding hydrogens is 190 g/mol. The predicted molar refractivity (Wildman–Crippen MR) is 58.5 cm³/mol. The highest BCUT2D eigenvalue weighted by molar-refractivity contribution is 5.85. The van der Waals surface area contributed by atoms with Gasteiger partial charge in [-0.3, -0.25) is 4.79 Å². The van der Waals surface area contributed by atoms with E-state index in [1.807, 2.05) is 11.9 Å². The molecule has 2 heterocycles. The second kappa shape index (κ2) is 3.78. The van der Waals surface area contributed by atoms with E-state index in [-0.39, 0.29) is 5.41 Å². The Bertz CT molecular complexity index is 256. The van der Waals surface area contributed by atoms with Gasteiger partial charge in [-0.2, -0.15) is 0 Å². The Hall–Kier alpha value is -0.570. The molecule has 0 aromatic carbocycles. The first kappa shape index (κ1) is 10.9. The Morgan fingerprint density at radius 2 is 2.00 bits per heavy atom. The van der Waals surface area contributed by atoms with Gasteiger partial charge in [-0.1, -0.05) is 13.8 Å². The van der Waals surface area contributed by atoms with Crippen LogP contribution in [0.3, 0.4) is 0 Å². The maximum absolute atomic E-state index is 12.3. The summed E-state index contributed by atoms with van der Waals surface area (Å²) in [5, 5.41) is 0. The summed E-state index contributed by atoms with van der Waals surface area (Å²) >= 11 is 0. The van der Waals surface area contributed by atoms with Gasteiger partial charge in [0.05, 0.1) is 5.41 Å². The van der Waals surface area contributed by atoms with Gasteiger partial charge in [-0.25, -0.2) is 0 Å². The summed E-state index contributed by atoms with van der Waals surface area (Å²) < 4.78 is 5.36. The standard InChI is InChI=1S/C12H21NO2/c1-9(2)10-8-12(11(14)13(10)3)4-6-15-7-5-12/h9-10H,4-8H2,1-3H3. The van der Waals surface area contributed by atoms with Gasteiger partial charge in [-0.05, 0) is 25.2 Å². The highest BCUT2D eigenvalue weighted by Crippen LogP contribution is 2.44. The van der Waals surface area contributed by atoms with Crippen LogP contribution in [0.1, 0.15) is 33.1 Å². The van der Waals surface area contributed by atoms with Gasteiger partial charge in [0.2, 0.25) is 5.91 Å². The molecule has 0 radical (unpaired) electrons. The van der Waals surface area contributed by atoms with Crippen LogP contribution in [0.15, 0.2) is 0 Å². The summed E-state index contributed by atoms with van der Waals surface area (Å²) in [6, 6.07) is 0.426. The van der Waals surface area contributed by atoms with Gasteiger partial charge in [0, 0.05) is 26.3 Å². The molecule has 0 aliphatic carbocycles. The van der Waals surface area contributed by atoms with Gasteiger partial charge in [0.25, 0.3) is 0 Å². The van der Waals surface area contributed by atoms with Gasteiger partial charge in [0.15, 0.2) is 0 Å². The van der Waals surface area contributed by atoms with Crippen molar-refractivity contribution in [2.45, 2.75) is 39.2 Å². The zero-order valence-electron chi connectivity index (χ0n) is 9.95. The van der Waals surface area contributed by atoms with E-state index in [1.165, 1.54) is 0 Å². The van der Waals surface area contributed by atoms with Crippen molar-refractivity contribution >= 4 is 5.91 Å². The molecule has 0 aromatic rings. The molecule has 2 rings (SSSR count). The van der Waals surface area contributed by atoms with Crippen molar-refractivity contribution in [2.24, 2.45) is 11.3 Å². The average Bonchev–Trinajstić information content (AvgIpc) is 2.46. The van der Waals surface area contributed by atoms with Crippen LogP contribution in [0.5, 0.6) is 0 Å². The van der Waals surface area contributed by atoms with E-state index in [0.29, 0.717) is 17.9 Å². The van der Waals surface area contributed by atoms with E-state index in [2.05, 4.69) is 13.8 Å². The molecule has 2 aliphatic heterocycles. The number of hydrogen-bond donors (Lipinski definition) is 0. The number of nitrogens with zero attached hydrogens (tertiary/aromatic N) is 1. The zero-order chi connectivity index (χ0) is 11.1. The molecule has 3 nitrogen and oxygen atoms in total. The van der Waals surface area contributed by atoms with Crippen molar-refractivity contribution < 1.29 is 9.53 Å². The molecular formula is C12H21NO2. The lowest BCUT2D eigenvalue weighted by Gasteiger charge is -2.30. The predicted octanol–water partition coefficient (Wildman–Crippen LogP) is 1.67. The van der Waals surface area contributed by atoms with Crippen LogP contribution in [0.4, 0.5) is 0 Å². The number of hydrogen-bond acceptors (Lipinski definition) is 2. The van der Waals surface area contributed by atoms with Crippen molar-refractivity contribution in [3.63, 3.8) is 0 Å². The molecule has 1 atom stereocenters. The normalized spacial score (nSPS) is 30.5. The minimum atomic E-state index is -0.0814. The van der Waals surface area contributed by atoms with Crippen LogP contribution >= 0.6 is 0 Å². The minimum Gasteiger partial charge on any atom is -0.381 e. The summed E-state index contributed by atoms with van der Waals surface area (Å²) in [5.74, 6) is 0.908. The van der Waals surface area contributed by atoms with E-state index in [0.717, 1.165) is 32.5 Å². The Labute approximate surface area is 91.8 Å². The average molecular weight is 211 g/mol. The molecule has 15 heavy (non-hydrogen) atoms. The van der Waals surface area contributed by atoms with E-state index < -0.39 is 0 Å². The first-order chi connectivity index (χ1) is 7.07. The third-order valence-corrected chi connectivity index (χ3v) is 4.09. The largest absolute Gasteiger partial charge is 0.381 e. The summed E-state index contributed by atoms with van der Waals surface area (Å²) in [4.78, 5) is 14.2. The second-order valence-corrected chi connectivity index (χ2v) is 5.32.